The van der Waals surface area contributed by atoms with Gasteiger partial charge in [0.15, 0.2) is 0 Å². The van der Waals surface area contributed by atoms with Gasteiger partial charge in [-0.3, -0.25) is 14.1 Å². The number of carboxylic acids is 1. The molecule has 62 heavy (non-hydrogen) atoms. The zero-order chi connectivity index (χ0) is 44.6. The van der Waals surface area contributed by atoms with E-state index >= 15 is 0 Å². The van der Waals surface area contributed by atoms with E-state index in [1.807, 2.05) is 25.1 Å². The fourth-order valence-corrected chi connectivity index (χ4v) is 7.46. The fraction of sp³-hybridized carbons (Fsp3) is 0.378. The second-order valence-electron chi connectivity index (χ2n) is 14.9. The average molecular weight is 885 g/mol. The SMILES string of the molecule is C1CCOC1.Cc1ccc(S(=O)(=O)O)cc1.O=C(C[C@H]1CC(c2ccc(F)cc2F)=NO1)O[C@@H]1CCCC[C@H]1c1ccccc1.O=C(O)C[C@H]1CC(c2ccc(F)cc2F)=NO1. The van der Waals surface area contributed by atoms with E-state index in [0.717, 1.165) is 62.7 Å². The number of carboxylic acid groups (broad SMARTS) is 1. The first kappa shape index (κ1) is 47.4. The highest BCUT2D eigenvalue weighted by Crippen LogP contribution is 2.35. The molecule has 0 bridgehead atoms. The molecule has 1 saturated carbocycles. The van der Waals surface area contributed by atoms with Crippen molar-refractivity contribution in [3.8, 4) is 0 Å². The minimum atomic E-state index is -4.02. The van der Waals surface area contributed by atoms with E-state index in [1.54, 1.807) is 12.1 Å². The van der Waals surface area contributed by atoms with Crippen molar-refractivity contribution in [3.63, 3.8) is 0 Å². The van der Waals surface area contributed by atoms with Crippen LogP contribution in [0.1, 0.15) is 92.4 Å². The van der Waals surface area contributed by atoms with Crippen LogP contribution in [-0.4, -0.2) is 73.0 Å². The summed E-state index contributed by atoms with van der Waals surface area (Å²) in [5.74, 6) is -3.88. The predicted molar refractivity (Wildman–Crippen MR) is 220 cm³/mol. The summed E-state index contributed by atoms with van der Waals surface area (Å²) < 4.78 is 93.4. The molecule has 4 atom stereocenters. The van der Waals surface area contributed by atoms with Crippen LogP contribution in [0.2, 0.25) is 0 Å². The van der Waals surface area contributed by atoms with Gasteiger partial charge in [0.1, 0.15) is 41.6 Å². The van der Waals surface area contributed by atoms with E-state index < -0.39 is 51.6 Å². The van der Waals surface area contributed by atoms with Gasteiger partial charge in [0.25, 0.3) is 10.1 Å². The molecule has 4 aliphatic rings. The highest BCUT2D eigenvalue weighted by molar-refractivity contribution is 7.85. The Morgan fingerprint density at radius 2 is 1.26 bits per heavy atom. The topological polar surface area (TPSA) is 170 Å². The number of rotatable bonds is 9. The van der Waals surface area contributed by atoms with Crippen molar-refractivity contribution in [2.24, 2.45) is 10.3 Å². The Bertz CT molecular complexity index is 2280. The summed E-state index contributed by atoms with van der Waals surface area (Å²) in [4.78, 5) is 33.1. The summed E-state index contributed by atoms with van der Waals surface area (Å²) >= 11 is 0. The average Bonchev–Trinajstić information content (AvgIpc) is 4.05. The normalized spacial score (nSPS) is 20.3. The number of carbonyl (C=O) groups is 2. The van der Waals surface area contributed by atoms with Gasteiger partial charge in [0.2, 0.25) is 0 Å². The van der Waals surface area contributed by atoms with Gasteiger partial charge in [-0.15, -0.1) is 0 Å². The minimum Gasteiger partial charge on any atom is -0.481 e. The number of aryl methyl sites for hydroxylation is 1. The molecule has 2 fully saturated rings. The quantitative estimate of drug-likeness (QED) is 0.0939. The molecule has 0 aromatic heterocycles. The first-order chi connectivity index (χ1) is 29.7. The van der Waals surface area contributed by atoms with E-state index in [1.165, 1.54) is 48.7 Å². The van der Waals surface area contributed by atoms with Crippen LogP contribution in [0.4, 0.5) is 17.6 Å². The first-order valence-electron chi connectivity index (χ1n) is 20.1. The minimum absolute atomic E-state index is 0.0494. The molecular weight excluding hydrogens is 837 g/mol. The van der Waals surface area contributed by atoms with Gasteiger partial charge in [-0.05, 0) is 81.0 Å². The molecule has 2 N–H and O–H groups in total. The van der Waals surface area contributed by atoms with Crippen molar-refractivity contribution in [2.45, 2.75) is 100 Å². The molecule has 3 aliphatic heterocycles. The third kappa shape index (κ3) is 14.8. The number of halogens is 4. The van der Waals surface area contributed by atoms with Gasteiger partial charge in [-0.2, -0.15) is 8.42 Å². The van der Waals surface area contributed by atoms with Gasteiger partial charge in [-0.1, -0.05) is 64.8 Å². The second kappa shape index (κ2) is 23.0. The molecule has 8 rings (SSSR count). The number of esters is 1. The van der Waals surface area contributed by atoms with Crippen molar-refractivity contribution in [3.05, 3.63) is 137 Å². The molecule has 1 saturated heterocycles. The van der Waals surface area contributed by atoms with E-state index in [0.29, 0.717) is 11.4 Å². The summed E-state index contributed by atoms with van der Waals surface area (Å²) in [5.41, 5.74) is 3.16. The van der Waals surface area contributed by atoms with Crippen molar-refractivity contribution in [2.75, 3.05) is 13.2 Å². The molecule has 0 amide bonds. The van der Waals surface area contributed by atoms with E-state index in [-0.39, 0.29) is 59.7 Å². The number of ether oxygens (including phenoxy) is 2. The lowest BCUT2D eigenvalue weighted by Gasteiger charge is -2.31. The van der Waals surface area contributed by atoms with Crippen LogP contribution in [0.25, 0.3) is 0 Å². The number of hydrogen-bond donors (Lipinski definition) is 2. The molecule has 332 valence electrons. The maximum absolute atomic E-state index is 13.9. The van der Waals surface area contributed by atoms with Crippen LogP contribution in [0.15, 0.2) is 106 Å². The molecular formula is C45H48F4N2O10S. The Morgan fingerprint density at radius 1 is 0.726 bits per heavy atom. The molecule has 0 unspecified atom stereocenters. The summed E-state index contributed by atoms with van der Waals surface area (Å²) in [6, 6.07) is 22.6. The maximum atomic E-state index is 13.9. The molecule has 12 nitrogen and oxygen atoms in total. The standard InChI is InChI=1S/C23H23F2NO3.C11H9F2NO3.C7H8O3S.C4H8O/c24-16-10-11-19(20(25)12-16)21-13-17(29-26-21)14-23(27)28-22-9-5-4-8-18(22)15-6-2-1-3-7-15;12-6-1-2-8(9(13)3-6)10-4-7(17-14-10)5-11(15)16;1-6-2-4-7(5-3-6)11(8,9)10;1-2-4-5-3-1/h1-3,6-7,10-12,17-18,22H,4-5,8-9,13-14H2;1-3,7H,4-5H2,(H,15,16);2-5H,1H3,(H,8,9,10);1-4H2/t17-,18+,22-;7-;;/m11../s1. The van der Waals surface area contributed by atoms with Crippen LogP contribution in [0.3, 0.4) is 0 Å². The smallest absolute Gasteiger partial charge is 0.309 e. The lowest BCUT2D eigenvalue weighted by atomic mass is 9.81. The van der Waals surface area contributed by atoms with Crippen LogP contribution in [-0.2, 0) is 38.9 Å². The van der Waals surface area contributed by atoms with Crippen LogP contribution < -0.4 is 0 Å². The van der Waals surface area contributed by atoms with Crippen LogP contribution in [0, 0.1) is 30.2 Å². The molecule has 0 radical (unpaired) electrons. The molecule has 3 heterocycles. The molecule has 17 heteroatoms. The Kier molecular flexibility index (Phi) is 17.6. The lowest BCUT2D eigenvalue weighted by Crippen LogP contribution is -2.30. The van der Waals surface area contributed by atoms with Crippen molar-refractivity contribution >= 4 is 33.5 Å². The Labute approximate surface area is 357 Å². The van der Waals surface area contributed by atoms with Crippen LogP contribution in [0.5, 0.6) is 0 Å². The fourth-order valence-electron chi connectivity index (χ4n) is 6.98. The van der Waals surface area contributed by atoms with Gasteiger partial charge < -0.3 is 24.3 Å². The molecule has 4 aromatic carbocycles. The summed E-state index contributed by atoms with van der Waals surface area (Å²) in [6.45, 7) is 3.84. The predicted octanol–water partition coefficient (Wildman–Crippen LogP) is 9.09. The Morgan fingerprint density at radius 3 is 1.74 bits per heavy atom. The number of aliphatic carboxylic acids is 1. The zero-order valence-corrected chi connectivity index (χ0v) is 34.7. The monoisotopic (exact) mass is 884 g/mol. The van der Waals surface area contributed by atoms with Crippen molar-refractivity contribution in [1.82, 2.24) is 0 Å². The number of benzene rings is 4. The summed E-state index contributed by atoms with van der Waals surface area (Å²) in [6.07, 6.45) is 5.67. The van der Waals surface area contributed by atoms with Gasteiger partial charge in [-0.25, -0.2) is 17.6 Å². The first-order valence-corrected chi connectivity index (χ1v) is 21.5. The number of hydrogen-bond acceptors (Lipinski definition) is 10. The Hall–Kier alpha value is -5.65. The third-order valence-electron chi connectivity index (χ3n) is 10.1. The van der Waals surface area contributed by atoms with E-state index in [4.69, 9.17) is 28.8 Å². The van der Waals surface area contributed by atoms with Crippen molar-refractivity contribution in [1.29, 1.82) is 0 Å². The molecule has 1 aliphatic carbocycles. The largest absolute Gasteiger partial charge is 0.481 e. The number of oxime groups is 2. The number of nitrogens with zero attached hydrogens (tertiary/aromatic N) is 2. The summed E-state index contributed by atoms with van der Waals surface area (Å²) in [5, 5.41) is 16.1. The number of carbonyl (C=O) groups excluding carboxylic acids is 1. The van der Waals surface area contributed by atoms with Gasteiger partial charge >= 0.3 is 11.9 Å². The molecule has 4 aromatic rings. The van der Waals surface area contributed by atoms with Crippen molar-refractivity contribution < 1.29 is 64.4 Å². The second-order valence-corrected chi connectivity index (χ2v) is 16.3. The highest BCUT2D eigenvalue weighted by Gasteiger charge is 2.32. The lowest BCUT2D eigenvalue weighted by molar-refractivity contribution is -0.154. The van der Waals surface area contributed by atoms with E-state index in [2.05, 4.69) is 22.4 Å². The van der Waals surface area contributed by atoms with E-state index in [9.17, 15) is 35.6 Å². The van der Waals surface area contributed by atoms with Crippen LogP contribution >= 0.6 is 0 Å². The van der Waals surface area contributed by atoms with Gasteiger partial charge in [0, 0.05) is 55.2 Å². The zero-order valence-electron chi connectivity index (χ0n) is 33.9. The molecule has 0 spiro atoms. The highest BCUT2D eigenvalue weighted by atomic mass is 32.2. The maximum Gasteiger partial charge on any atom is 0.309 e. The van der Waals surface area contributed by atoms with Gasteiger partial charge in [0.05, 0.1) is 29.2 Å². The summed E-state index contributed by atoms with van der Waals surface area (Å²) in [7, 11) is -4.02. The Balaban J connectivity index is 0.000000184. The third-order valence-corrected chi connectivity index (χ3v) is 11.0.